The van der Waals surface area contributed by atoms with Crippen molar-refractivity contribution in [1.82, 2.24) is 10.2 Å². The summed E-state index contributed by atoms with van der Waals surface area (Å²) in [6.45, 7) is 8.19. The van der Waals surface area contributed by atoms with Crippen LogP contribution in [-0.2, 0) is 9.59 Å². The molecular formula is C18H28N2O2. The quantitative estimate of drug-likeness (QED) is 0.821. The van der Waals surface area contributed by atoms with E-state index in [4.69, 9.17) is 0 Å². The molecule has 22 heavy (non-hydrogen) atoms. The minimum Gasteiger partial charge on any atom is -0.356 e. The van der Waals surface area contributed by atoms with E-state index in [9.17, 15) is 9.59 Å². The topological polar surface area (TPSA) is 49.4 Å². The molecule has 1 aromatic rings. The highest BCUT2D eigenvalue weighted by Gasteiger charge is 2.21. The van der Waals surface area contributed by atoms with E-state index >= 15 is 0 Å². The van der Waals surface area contributed by atoms with Crippen LogP contribution in [0.5, 0.6) is 0 Å². The van der Waals surface area contributed by atoms with Gasteiger partial charge in [-0.25, -0.2) is 0 Å². The first kappa shape index (κ1) is 18.2. The van der Waals surface area contributed by atoms with Crippen molar-refractivity contribution in [3.8, 4) is 0 Å². The number of nitrogens with zero attached hydrogens (tertiary/aromatic N) is 1. The van der Waals surface area contributed by atoms with Gasteiger partial charge in [0.1, 0.15) is 0 Å². The molecule has 0 aliphatic heterocycles. The maximum Gasteiger partial charge on any atom is 0.225 e. The highest BCUT2D eigenvalue weighted by molar-refractivity contribution is 5.81. The van der Waals surface area contributed by atoms with Gasteiger partial charge < -0.3 is 10.2 Å². The maximum absolute atomic E-state index is 12.2. The molecule has 0 heterocycles. The summed E-state index contributed by atoms with van der Waals surface area (Å²) in [4.78, 5) is 25.7. The monoisotopic (exact) mass is 304 g/mol. The second kappa shape index (κ2) is 7.97. The molecule has 0 fully saturated rings. The maximum atomic E-state index is 12.2. The van der Waals surface area contributed by atoms with Crippen molar-refractivity contribution in [2.45, 2.75) is 46.6 Å². The van der Waals surface area contributed by atoms with Crippen LogP contribution in [0.1, 0.15) is 52.1 Å². The molecule has 0 bridgehead atoms. The summed E-state index contributed by atoms with van der Waals surface area (Å²) < 4.78 is 0. The van der Waals surface area contributed by atoms with Crippen molar-refractivity contribution in [3.63, 3.8) is 0 Å². The average molecular weight is 304 g/mol. The first-order chi connectivity index (χ1) is 10.2. The normalized spacial score (nSPS) is 12.6. The number of nitrogens with one attached hydrogen (secondary N) is 1. The lowest BCUT2D eigenvalue weighted by atomic mass is 9.96. The van der Waals surface area contributed by atoms with Crippen LogP contribution in [-0.4, -0.2) is 30.3 Å². The number of benzene rings is 1. The van der Waals surface area contributed by atoms with Gasteiger partial charge in [-0.15, -0.1) is 0 Å². The van der Waals surface area contributed by atoms with Crippen molar-refractivity contribution >= 4 is 11.8 Å². The summed E-state index contributed by atoms with van der Waals surface area (Å²) >= 11 is 0. The van der Waals surface area contributed by atoms with Gasteiger partial charge in [0.15, 0.2) is 0 Å². The van der Waals surface area contributed by atoms with Gasteiger partial charge in [0.25, 0.3) is 0 Å². The fourth-order valence-electron chi connectivity index (χ4n) is 2.05. The molecule has 0 saturated heterocycles. The van der Waals surface area contributed by atoms with Crippen molar-refractivity contribution < 1.29 is 9.59 Å². The van der Waals surface area contributed by atoms with Crippen LogP contribution in [0.15, 0.2) is 30.3 Å². The second-order valence-corrected chi connectivity index (χ2v) is 6.70. The van der Waals surface area contributed by atoms with Crippen LogP contribution in [0.4, 0.5) is 0 Å². The van der Waals surface area contributed by atoms with Crippen LogP contribution in [0.3, 0.4) is 0 Å². The summed E-state index contributed by atoms with van der Waals surface area (Å²) in [5, 5.41) is 2.87. The van der Waals surface area contributed by atoms with E-state index in [-0.39, 0.29) is 23.3 Å². The molecule has 0 saturated carbocycles. The standard InChI is InChI=1S/C18H28N2O2/c1-14(15-10-7-6-8-11-15)20(5)16(21)12-9-13-19-17(22)18(2,3)4/h6-8,10-11,14H,9,12-13H2,1-5H3,(H,19,22). The minimum absolute atomic E-state index is 0.0194. The van der Waals surface area contributed by atoms with Crippen LogP contribution in [0.25, 0.3) is 0 Å². The van der Waals surface area contributed by atoms with Gasteiger partial charge >= 0.3 is 0 Å². The number of amides is 2. The molecule has 1 unspecified atom stereocenters. The SMILES string of the molecule is CC(c1ccccc1)N(C)C(=O)CCCNC(=O)C(C)(C)C. The van der Waals surface area contributed by atoms with Crippen LogP contribution < -0.4 is 5.32 Å². The third-order valence-corrected chi connectivity index (χ3v) is 3.79. The fraction of sp³-hybridized carbons (Fsp3) is 0.556. The number of carbonyl (C=O) groups excluding carboxylic acids is 2. The Bertz CT molecular complexity index is 492. The molecule has 1 atom stereocenters. The molecule has 1 N–H and O–H groups in total. The Hall–Kier alpha value is -1.84. The third-order valence-electron chi connectivity index (χ3n) is 3.79. The van der Waals surface area contributed by atoms with Gasteiger partial charge in [0, 0.05) is 25.4 Å². The van der Waals surface area contributed by atoms with Gasteiger partial charge in [-0.1, -0.05) is 51.1 Å². The van der Waals surface area contributed by atoms with Crippen molar-refractivity contribution in [2.75, 3.05) is 13.6 Å². The van der Waals surface area contributed by atoms with Crippen molar-refractivity contribution in [3.05, 3.63) is 35.9 Å². The number of rotatable bonds is 6. The first-order valence-electron chi connectivity index (χ1n) is 7.82. The van der Waals surface area contributed by atoms with Crippen molar-refractivity contribution in [2.24, 2.45) is 5.41 Å². The summed E-state index contributed by atoms with van der Waals surface area (Å²) in [7, 11) is 1.83. The number of carbonyl (C=O) groups is 2. The lowest BCUT2D eigenvalue weighted by Crippen LogP contribution is -2.36. The van der Waals surface area contributed by atoms with E-state index in [0.717, 1.165) is 5.56 Å². The molecule has 1 rings (SSSR count). The van der Waals surface area contributed by atoms with E-state index in [1.165, 1.54) is 0 Å². The van der Waals surface area contributed by atoms with Gasteiger partial charge in [-0.2, -0.15) is 0 Å². The lowest BCUT2D eigenvalue weighted by molar-refractivity contribution is -0.132. The molecule has 0 aliphatic carbocycles. The zero-order valence-corrected chi connectivity index (χ0v) is 14.3. The predicted octanol–water partition coefficient (Wildman–Crippen LogP) is 3.15. The Morgan fingerprint density at radius 3 is 2.32 bits per heavy atom. The Morgan fingerprint density at radius 2 is 1.77 bits per heavy atom. The van der Waals surface area contributed by atoms with Gasteiger partial charge in [0.2, 0.25) is 11.8 Å². The molecule has 0 aliphatic rings. The molecule has 4 heteroatoms. The first-order valence-corrected chi connectivity index (χ1v) is 7.82. The minimum atomic E-state index is -0.386. The molecule has 4 nitrogen and oxygen atoms in total. The molecule has 1 aromatic carbocycles. The van der Waals surface area contributed by atoms with E-state index in [1.54, 1.807) is 4.90 Å². The number of hydrogen-bond donors (Lipinski definition) is 1. The van der Waals surface area contributed by atoms with E-state index < -0.39 is 0 Å². The van der Waals surface area contributed by atoms with Gasteiger partial charge in [0.05, 0.1) is 6.04 Å². The summed E-state index contributed by atoms with van der Waals surface area (Å²) in [6.07, 6.45) is 1.10. The molecule has 0 radical (unpaired) electrons. The summed E-state index contributed by atoms with van der Waals surface area (Å²) in [6, 6.07) is 10.0. The van der Waals surface area contributed by atoms with Crippen LogP contribution >= 0.6 is 0 Å². The largest absolute Gasteiger partial charge is 0.356 e. The zero-order chi connectivity index (χ0) is 16.8. The summed E-state index contributed by atoms with van der Waals surface area (Å²) in [5.74, 6) is 0.118. The Labute approximate surface area is 133 Å². The van der Waals surface area contributed by atoms with E-state index in [2.05, 4.69) is 5.32 Å². The fourth-order valence-corrected chi connectivity index (χ4v) is 2.05. The van der Waals surface area contributed by atoms with E-state index in [0.29, 0.717) is 19.4 Å². The Morgan fingerprint density at radius 1 is 1.18 bits per heavy atom. The second-order valence-electron chi connectivity index (χ2n) is 6.70. The molecule has 122 valence electrons. The molecular weight excluding hydrogens is 276 g/mol. The molecule has 2 amide bonds. The Balaban J connectivity index is 2.38. The highest BCUT2D eigenvalue weighted by atomic mass is 16.2. The van der Waals surface area contributed by atoms with Crippen LogP contribution in [0, 0.1) is 5.41 Å². The van der Waals surface area contributed by atoms with Gasteiger partial charge in [-0.3, -0.25) is 9.59 Å². The summed E-state index contributed by atoms with van der Waals surface area (Å²) in [5.41, 5.74) is 0.738. The third kappa shape index (κ3) is 5.51. The number of hydrogen-bond acceptors (Lipinski definition) is 2. The molecule has 0 aromatic heterocycles. The highest BCUT2D eigenvalue weighted by Crippen LogP contribution is 2.19. The van der Waals surface area contributed by atoms with E-state index in [1.807, 2.05) is 65.1 Å². The average Bonchev–Trinajstić information content (AvgIpc) is 2.49. The zero-order valence-electron chi connectivity index (χ0n) is 14.3. The smallest absolute Gasteiger partial charge is 0.225 e. The Kier molecular flexibility index (Phi) is 6.60. The van der Waals surface area contributed by atoms with Crippen LogP contribution in [0.2, 0.25) is 0 Å². The van der Waals surface area contributed by atoms with Gasteiger partial charge in [-0.05, 0) is 18.9 Å². The van der Waals surface area contributed by atoms with Crippen molar-refractivity contribution in [1.29, 1.82) is 0 Å². The lowest BCUT2D eigenvalue weighted by Gasteiger charge is -2.25. The molecule has 0 spiro atoms. The predicted molar refractivity (Wildman–Crippen MR) is 89.3 cm³/mol.